The van der Waals surface area contributed by atoms with Crippen molar-refractivity contribution >= 4 is 21.8 Å². The highest BCUT2D eigenvalue weighted by atomic mass is 32.2. The molecule has 6 nitrogen and oxygen atoms in total. The van der Waals surface area contributed by atoms with Crippen molar-refractivity contribution in [1.82, 2.24) is 0 Å². The van der Waals surface area contributed by atoms with Crippen LogP contribution >= 0.6 is 0 Å². The SMILES string of the molecule is Cc1ccc(S(=O)(=O)CCC(=O)OCC(=O)OC(C)C)cc1. The summed E-state index contributed by atoms with van der Waals surface area (Å²) in [6.07, 6.45) is -0.612. The molecule has 0 saturated heterocycles. The van der Waals surface area contributed by atoms with E-state index in [2.05, 4.69) is 4.74 Å². The molecule has 0 bridgehead atoms. The van der Waals surface area contributed by atoms with E-state index >= 15 is 0 Å². The normalized spacial score (nSPS) is 11.3. The highest BCUT2D eigenvalue weighted by molar-refractivity contribution is 7.91. The number of carbonyl (C=O) groups excluding carboxylic acids is 2. The summed E-state index contributed by atoms with van der Waals surface area (Å²) in [5.74, 6) is -1.78. The Bertz CT molecular complexity index is 616. The topological polar surface area (TPSA) is 86.7 Å². The quantitative estimate of drug-likeness (QED) is 0.707. The Labute approximate surface area is 130 Å². The molecule has 0 aliphatic rings. The summed E-state index contributed by atoms with van der Waals surface area (Å²) in [7, 11) is -3.55. The van der Waals surface area contributed by atoms with Crippen LogP contribution in [0, 0.1) is 6.92 Å². The lowest BCUT2D eigenvalue weighted by atomic mass is 10.2. The van der Waals surface area contributed by atoms with Crippen LogP contribution in [0.1, 0.15) is 25.8 Å². The van der Waals surface area contributed by atoms with Crippen LogP contribution < -0.4 is 0 Å². The van der Waals surface area contributed by atoms with E-state index in [4.69, 9.17) is 4.74 Å². The minimum Gasteiger partial charge on any atom is -0.460 e. The second-order valence-electron chi connectivity index (χ2n) is 5.08. The van der Waals surface area contributed by atoms with Crippen molar-refractivity contribution in [2.24, 2.45) is 0 Å². The van der Waals surface area contributed by atoms with Gasteiger partial charge < -0.3 is 9.47 Å². The van der Waals surface area contributed by atoms with E-state index < -0.39 is 28.4 Å². The van der Waals surface area contributed by atoms with Crippen molar-refractivity contribution in [2.45, 2.75) is 38.2 Å². The van der Waals surface area contributed by atoms with E-state index in [1.165, 1.54) is 12.1 Å². The molecule has 0 aromatic heterocycles. The molecule has 0 heterocycles. The Balaban J connectivity index is 2.46. The van der Waals surface area contributed by atoms with Crippen LogP contribution in [0.4, 0.5) is 0 Å². The number of hydrogen-bond acceptors (Lipinski definition) is 6. The highest BCUT2D eigenvalue weighted by Crippen LogP contribution is 2.13. The monoisotopic (exact) mass is 328 g/mol. The smallest absolute Gasteiger partial charge is 0.344 e. The number of esters is 2. The van der Waals surface area contributed by atoms with Gasteiger partial charge in [0.2, 0.25) is 0 Å². The average molecular weight is 328 g/mol. The zero-order valence-corrected chi connectivity index (χ0v) is 13.7. The maximum Gasteiger partial charge on any atom is 0.344 e. The van der Waals surface area contributed by atoms with Crippen LogP contribution in [0.15, 0.2) is 29.2 Å². The molecule has 1 aromatic rings. The van der Waals surface area contributed by atoms with Crippen LogP contribution in [0.3, 0.4) is 0 Å². The van der Waals surface area contributed by atoms with Crippen molar-refractivity contribution in [1.29, 1.82) is 0 Å². The van der Waals surface area contributed by atoms with Gasteiger partial charge in [-0.3, -0.25) is 4.79 Å². The molecule has 22 heavy (non-hydrogen) atoms. The Hall–Kier alpha value is -1.89. The number of rotatable bonds is 7. The number of ether oxygens (including phenoxy) is 2. The number of hydrogen-bond donors (Lipinski definition) is 0. The molecule has 0 fully saturated rings. The van der Waals surface area contributed by atoms with Gasteiger partial charge in [0.25, 0.3) is 0 Å². The molecule has 1 aromatic carbocycles. The lowest BCUT2D eigenvalue weighted by molar-refractivity contribution is -0.161. The van der Waals surface area contributed by atoms with Crippen LogP contribution in [0.2, 0.25) is 0 Å². The Morgan fingerprint density at radius 1 is 1.09 bits per heavy atom. The van der Waals surface area contributed by atoms with E-state index in [1.807, 2.05) is 6.92 Å². The van der Waals surface area contributed by atoms with Crippen LogP contribution in [0.5, 0.6) is 0 Å². The Morgan fingerprint density at radius 2 is 1.68 bits per heavy atom. The molecular weight excluding hydrogens is 308 g/mol. The third-order valence-corrected chi connectivity index (χ3v) is 4.41. The minimum absolute atomic E-state index is 0.158. The van der Waals surface area contributed by atoms with Crippen molar-refractivity contribution in [3.8, 4) is 0 Å². The molecular formula is C15H20O6S. The predicted octanol–water partition coefficient (Wildman–Crippen LogP) is 1.65. The lowest BCUT2D eigenvalue weighted by Gasteiger charge is -2.08. The van der Waals surface area contributed by atoms with E-state index in [1.54, 1.807) is 26.0 Å². The second kappa shape index (κ2) is 7.93. The highest BCUT2D eigenvalue weighted by Gasteiger charge is 2.18. The second-order valence-corrected chi connectivity index (χ2v) is 7.19. The molecule has 0 saturated carbocycles. The molecule has 0 atom stereocenters. The van der Waals surface area contributed by atoms with Gasteiger partial charge in [0.1, 0.15) is 0 Å². The molecule has 0 amide bonds. The molecule has 0 aliphatic heterocycles. The van der Waals surface area contributed by atoms with Gasteiger partial charge in [-0.15, -0.1) is 0 Å². The molecule has 0 radical (unpaired) electrons. The van der Waals surface area contributed by atoms with Crippen molar-refractivity contribution in [2.75, 3.05) is 12.4 Å². The van der Waals surface area contributed by atoms with Crippen LogP contribution in [-0.4, -0.2) is 38.8 Å². The fourth-order valence-corrected chi connectivity index (χ4v) is 2.81. The first kappa shape index (κ1) is 18.2. The standard InChI is InChI=1S/C15H20O6S/c1-11(2)21-15(17)10-20-14(16)8-9-22(18,19)13-6-4-12(3)5-7-13/h4-7,11H,8-10H2,1-3H3. The largest absolute Gasteiger partial charge is 0.460 e. The van der Waals surface area contributed by atoms with Gasteiger partial charge in [-0.25, -0.2) is 13.2 Å². The maximum atomic E-state index is 12.0. The predicted molar refractivity (Wildman–Crippen MR) is 80.0 cm³/mol. The summed E-state index contributed by atoms with van der Waals surface area (Å²) in [5.41, 5.74) is 0.946. The van der Waals surface area contributed by atoms with Crippen molar-refractivity contribution in [3.05, 3.63) is 29.8 Å². The summed E-state index contributed by atoms with van der Waals surface area (Å²) < 4.78 is 33.5. The maximum absolute atomic E-state index is 12.0. The molecule has 122 valence electrons. The third kappa shape index (κ3) is 6.26. The molecule has 0 unspecified atom stereocenters. The number of aryl methyl sites for hydroxylation is 1. The first-order chi connectivity index (χ1) is 10.2. The first-order valence-electron chi connectivity index (χ1n) is 6.85. The summed E-state index contributed by atoms with van der Waals surface area (Å²) in [5, 5.41) is 0. The summed E-state index contributed by atoms with van der Waals surface area (Å²) >= 11 is 0. The number of carbonyl (C=O) groups is 2. The molecule has 0 N–H and O–H groups in total. The molecule has 1 rings (SSSR count). The van der Waals surface area contributed by atoms with Crippen molar-refractivity contribution < 1.29 is 27.5 Å². The van der Waals surface area contributed by atoms with Gasteiger partial charge in [-0.2, -0.15) is 0 Å². The van der Waals surface area contributed by atoms with E-state index in [-0.39, 0.29) is 23.2 Å². The van der Waals surface area contributed by atoms with Gasteiger partial charge in [0, 0.05) is 0 Å². The number of sulfone groups is 1. The average Bonchev–Trinajstić information content (AvgIpc) is 2.43. The molecule has 0 spiro atoms. The minimum atomic E-state index is -3.55. The number of benzene rings is 1. The summed E-state index contributed by atoms with van der Waals surface area (Å²) in [6, 6.07) is 6.37. The van der Waals surface area contributed by atoms with E-state index in [0.29, 0.717) is 0 Å². The van der Waals surface area contributed by atoms with Crippen LogP contribution in [-0.2, 0) is 28.9 Å². The zero-order valence-electron chi connectivity index (χ0n) is 12.9. The van der Waals surface area contributed by atoms with Gasteiger partial charge in [-0.1, -0.05) is 17.7 Å². The van der Waals surface area contributed by atoms with Gasteiger partial charge in [0.05, 0.1) is 23.2 Å². The van der Waals surface area contributed by atoms with Crippen molar-refractivity contribution in [3.63, 3.8) is 0 Å². The van der Waals surface area contributed by atoms with Gasteiger partial charge in [-0.05, 0) is 32.9 Å². The summed E-state index contributed by atoms with van der Waals surface area (Å²) in [6.45, 7) is 4.69. The van der Waals surface area contributed by atoms with Crippen LogP contribution in [0.25, 0.3) is 0 Å². The first-order valence-corrected chi connectivity index (χ1v) is 8.50. The van der Waals surface area contributed by atoms with Gasteiger partial charge >= 0.3 is 11.9 Å². The molecule has 0 aliphatic carbocycles. The van der Waals surface area contributed by atoms with E-state index in [9.17, 15) is 18.0 Å². The van der Waals surface area contributed by atoms with E-state index in [0.717, 1.165) is 5.56 Å². The Kier molecular flexibility index (Phi) is 6.55. The third-order valence-electron chi connectivity index (χ3n) is 2.67. The molecule has 7 heteroatoms. The fourth-order valence-electron chi connectivity index (χ4n) is 1.59. The Morgan fingerprint density at radius 3 is 2.23 bits per heavy atom. The van der Waals surface area contributed by atoms with Gasteiger partial charge in [0.15, 0.2) is 16.4 Å². The zero-order chi connectivity index (χ0) is 16.8. The lowest BCUT2D eigenvalue weighted by Crippen LogP contribution is -2.21. The summed E-state index contributed by atoms with van der Waals surface area (Å²) in [4.78, 5) is 22.8. The fraction of sp³-hybridized carbons (Fsp3) is 0.467.